The van der Waals surface area contributed by atoms with Gasteiger partial charge >= 0.3 is 0 Å². The molecule has 8 heavy (non-hydrogen) atoms. The summed E-state index contributed by atoms with van der Waals surface area (Å²) in [5.41, 5.74) is 0. The summed E-state index contributed by atoms with van der Waals surface area (Å²) in [6.45, 7) is 1.67. The van der Waals surface area contributed by atoms with Gasteiger partial charge in [-0.05, 0) is 6.42 Å². The van der Waals surface area contributed by atoms with Crippen LogP contribution in [0.15, 0.2) is 0 Å². The number of hydrogen-bond donors (Lipinski definition) is 2. The number of aliphatic hydroxyl groups is 2. The standard InChI is InChI=1S/C5H9O3/c1-2-4(7)5(8)3-6/h4-5,7-8H,2H2,1H3. The zero-order chi connectivity index (χ0) is 6.57. The van der Waals surface area contributed by atoms with E-state index in [2.05, 4.69) is 0 Å². The number of carbonyl (C=O) groups excluding carboxylic acids is 1. The van der Waals surface area contributed by atoms with Crippen molar-refractivity contribution in [1.82, 2.24) is 0 Å². The van der Waals surface area contributed by atoms with Gasteiger partial charge in [-0.3, -0.25) is 4.79 Å². The molecule has 0 saturated carbocycles. The van der Waals surface area contributed by atoms with Crippen LogP contribution in [0.25, 0.3) is 0 Å². The molecule has 47 valence electrons. The molecule has 3 heteroatoms. The fraction of sp³-hybridized carbons (Fsp3) is 0.800. The maximum absolute atomic E-state index is 9.57. The molecule has 0 rings (SSSR count). The Labute approximate surface area is 47.9 Å². The minimum absolute atomic E-state index is 0.371. The molecule has 0 aromatic rings. The summed E-state index contributed by atoms with van der Waals surface area (Å²) < 4.78 is 0. The average molecular weight is 117 g/mol. The molecule has 0 aliphatic rings. The first-order valence-electron chi connectivity index (χ1n) is 2.46. The van der Waals surface area contributed by atoms with Crippen LogP contribution >= 0.6 is 0 Å². The zero-order valence-corrected chi connectivity index (χ0v) is 4.66. The van der Waals surface area contributed by atoms with Gasteiger partial charge in [0, 0.05) is 0 Å². The lowest BCUT2D eigenvalue weighted by atomic mass is 10.2. The highest BCUT2D eigenvalue weighted by Crippen LogP contribution is 1.93. The minimum atomic E-state index is -1.33. The number of aliphatic hydroxyl groups excluding tert-OH is 2. The van der Waals surface area contributed by atoms with E-state index in [1.54, 1.807) is 6.92 Å². The maximum atomic E-state index is 9.57. The molecule has 2 N–H and O–H groups in total. The van der Waals surface area contributed by atoms with Crippen LogP contribution in [-0.2, 0) is 4.79 Å². The summed E-state index contributed by atoms with van der Waals surface area (Å²) in [4.78, 5) is 9.57. The van der Waals surface area contributed by atoms with Gasteiger partial charge in [0.25, 0.3) is 0 Å². The van der Waals surface area contributed by atoms with Crippen LogP contribution in [0.5, 0.6) is 0 Å². The third kappa shape index (κ3) is 2.04. The SMILES string of the molecule is CCC(O)C(O)[C]=O. The van der Waals surface area contributed by atoms with Crippen LogP contribution in [0, 0.1) is 0 Å². The zero-order valence-electron chi connectivity index (χ0n) is 4.66. The molecule has 0 aliphatic heterocycles. The van der Waals surface area contributed by atoms with Gasteiger partial charge in [-0.25, -0.2) is 0 Å². The van der Waals surface area contributed by atoms with Gasteiger partial charge in [0.1, 0.15) is 6.10 Å². The first-order chi connectivity index (χ1) is 3.72. The Morgan fingerprint density at radius 2 is 2.12 bits per heavy atom. The molecule has 2 atom stereocenters. The summed E-state index contributed by atoms with van der Waals surface area (Å²) in [5, 5.41) is 17.1. The molecule has 0 spiro atoms. The minimum Gasteiger partial charge on any atom is -0.390 e. The third-order valence-electron chi connectivity index (χ3n) is 0.903. The fourth-order valence-electron chi connectivity index (χ4n) is 0.302. The van der Waals surface area contributed by atoms with Crippen molar-refractivity contribution in [1.29, 1.82) is 0 Å². The lowest BCUT2D eigenvalue weighted by Gasteiger charge is -2.06. The Kier molecular flexibility index (Phi) is 3.39. The molecule has 3 nitrogen and oxygen atoms in total. The average Bonchev–Trinajstić information content (AvgIpc) is 1.84. The predicted molar refractivity (Wildman–Crippen MR) is 28.0 cm³/mol. The van der Waals surface area contributed by atoms with E-state index < -0.39 is 12.2 Å². The highest BCUT2D eigenvalue weighted by Gasteiger charge is 2.12. The second kappa shape index (κ2) is 3.57. The Morgan fingerprint density at radius 1 is 1.62 bits per heavy atom. The van der Waals surface area contributed by atoms with Gasteiger partial charge in [-0.1, -0.05) is 6.92 Å². The van der Waals surface area contributed by atoms with Gasteiger partial charge in [0.2, 0.25) is 6.29 Å². The largest absolute Gasteiger partial charge is 0.390 e. The molecule has 0 amide bonds. The molecule has 1 radical (unpaired) electrons. The van der Waals surface area contributed by atoms with Crippen molar-refractivity contribution >= 4 is 6.29 Å². The van der Waals surface area contributed by atoms with E-state index in [-0.39, 0.29) is 0 Å². The van der Waals surface area contributed by atoms with E-state index in [1.807, 2.05) is 0 Å². The van der Waals surface area contributed by atoms with E-state index in [0.29, 0.717) is 6.42 Å². The molecule has 0 aliphatic carbocycles. The van der Waals surface area contributed by atoms with Crippen molar-refractivity contribution in [2.24, 2.45) is 0 Å². The predicted octanol–water partition coefficient (Wildman–Crippen LogP) is -0.772. The fourth-order valence-corrected chi connectivity index (χ4v) is 0.302. The molecule has 0 aromatic carbocycles. The molecule has 2 unspecified atom stereocenters. The number of rotatable bonds is 3. The van der Waals surface area contributed by atoms with Crippen LogP contribution in [0.3, 0.4) is 0 Å². The van der Waals surface area contributed by atoms with E-state index in [0.717, 1.165) is 0 Å². The van der Waals surface area contributed by atoms with Crippen LogP contribution in [-0.4, -0.2) is 28.7 Å². The normalized spacial score (nSPS) is 17.4. The van der Waals surface area contributed by atoms with E-state index >= 15 is 0 Å². The van der Waals surface area contributed by atoms with Crippen LogP contribution in [0.2, 0.25) is 0 Å². The Balaban J connectivity index is 3.44. The van der Waals surface area contributed by atoms with Crippen molar-refractivity contribution in [2.45, 2.75) is 25.6 Å². The van der Waals surface area contributed by atoms with Gasteiger partial charge < -0.3 is 10.2 Å². The van der Waals surface area contributed by atoms with Crippen molar-refractivity contribution in [2.75, 3.05) is 0 Å². The van der Waals surface area contributed by atoms with Crippen LogP contribution in [0.4, 0.5) is 0 Å². The van der Waals surface area contributed by atoms with Crippen LogP contribution < -0.4 is 0 Å². The molecular formula is C5H9O3. The Bertz CT molecular complexity index is 72.1. The van der Waals surface area contributed by atoms with E-state index in [9.17, 15) is 4.79 Å². The monoisotopic (exact) mass is 117 g/mol. The first kappa shape index (κ1) is 7.59. The Hall–Kier alpha value is -0.410. The smallest absolute Gasteiger partial charge is 0.232 e. The van der Waals surface area contributed by atoms with Crippen molar-refractivity contribution in [3.63, 3.8) is 0 Å². The maximum Gasteiger partial charge on any atom is 0.232 e. The molecule has 0 fully saturated rings. The lowest BCUT2D eigenvalue weighted by molar-refractivity contribution is 0.0563. The third-order valence-corrected chi connectivity index (χ3v) is 0.903. The van der Waals surface area contributed by atoms with Crippen LogP contribution in [0.1, 0.15) is 13.3 Å². The lowest BCUT2D eigenvalue weighted by Crippen LogP contribution is -2.25. The molecule has 0 aromatic heterocycles. The first-order valence-corrected chi connectivity index (χ1v) is 2.46. The highest BCUT2D eigenvalue weighted by atomic mass is 16.3. The van der Waals surface area contributed by atoms with E-state index in [1.165, 1.54) is 6.29 Å². The van der Waals surface area contributed by atoms with Gasteiger partial charge in [-0.15, -0.1) is 0 Å². The highest BCUT2D eigenvalue weighted by molar-refractivity contribution is 5.57. The Morgan fingerprint density at radius 3 is 2.25 bits per heavy atom. The summed E-state index contributed by atoms with van der Waals surface area (Å²) >= 11 is 0. The molecular weight excluding hydrogens is 108 g/mol. The second-order valence-corrected chi connectivity index (χ2v) is 1.54. The summed E-state index contributed by atoms with van der Waals surface area (Å²) in [5.74, 6) is 0. The molecule has 0 saturated heterocycles. The van der Waals surface area contributed by atoms with E-state index in [4.69, 9.17) is 10.2 Å². The van der Waals surface area contributed by atoms with Gasteiger partial charge in [0.15, 0.2) is 0 Å². The summed E-state index contributed by atoms with van der Waals surface area (Å²) in [7, 11) is 0. The molecule has 0 bridgehead atoms. The van der Waals surface area contributed by atoms with Crippen molar-refractivity contribution in [3.05, 3.63) is 0 Å². The molecule has 0 heterocycles. The van der Waals surface area contributed by atoms with Gasteiger partial charge in [0.05, 0.1) is 6.10 Å². The quantitative estimate of drug-likeness (QED) is 0.510. The number of hydrogen-bond acceptors (Lipinski definition) is 3. The second-order valence-electron chi connectivity index (χ2n) is 1.54. The summed E-state index contributed by atoms with van der Waals surface area (Å²) in [6, 6.07) is 0. The van der Waals surface area contributed by atoms with Gasteiger partial charge in [-0.2, -0.15) is 0 Å². The van der Waals surface area contributed by atoms with Crippen molar-refractivity contribution < 1.29 is 15.0 Å². The van der Waals surface area contributed by atoms with Crippen molar-refractivity contribution in [3.8, 4) is 0 Å². The topological polar surface area (TPSA) is 57.5 Å². The summed E-state index contributed by atoms with van der Waals surface area (Å²) in [6.07, 6.45) is -0.642.